The standard InChI is InChI=1S/C16H23N3O2S2/c1-15(2,3)10-7-17-11(21-10)9-22-12-8-18-14(23-12)19-13(20)16(4,5)6/h7-8H,9H2,1-6H3,(H,18,19,20). The zero-order valence-corrected chi connectivity index (χ0v) is 16.0. The Hall–Kier alpha value is -1.34. The molecule has 0 aromatic carbocycles. The third-order valence-corrected chi connectivity index (χ3v) is 5.11. The lowest BCUT2D eigenvalue weighted by Crippen LogP contribution is -2.27. The van der Waals surface area contributed by atoms with Crippen LogP contribution in [0.4, 0.5) is 5.13 Å². The molecule has 5 nitrogen and oxygen atoms in total. The second-order valence-electron chi connectivity index (χ2n) is 7.35. The third-order valence-electron chi connectivity index (χ3n) is 3.02. The minimum absolute atomic E-state index is 0.0362. The Kier molecular flexibility index (Phi) is 5.20. The van der Waals surface area contributed by atoms with E-state index in [0.29, 0.717) is 16.8 Å². The number of amides is 1. The van der Waals surface area contributed by atoms with Crippen molar-refractivity contribution in [3.05, 3.63) is 24.0 Å². The predicted octanol–water partition coefficient (Wildman–Crippen LogP) is 4.71. The number of thioether (sulfide) groups is 1. The van der Waals surface area contributed by atoms with E-state index in [1.54, 1.807) is 24.2 Å². The number of carbonyl (C=O) groups is 1. The van der Waals surface area contributed by atoms with Gasteiger partial charge in [-0.25, -0.2) is 9.97 Å². The van der Waals surface area contributed by atoms with Crippen LogP contribution < -0.4 is 5.32 Å². The van der Waals surface area contributed by atoms with Crippen LogP contribution in [0.1, 0.15) is 53.2 Å². The first-order chi connectivity index (χ1) is 10.6. The van der Waals surface area contributed by atoms with Crippen LogP contribution in [0, 0.1) is 5.41 Å². The smallest absolute Gasteiger partial charge is 0.231 e. The largest absolute Gasteiger partial charge is 0.444 e. The summed E-state index contributed by atoms with van der Waals surface area (Å²) >= 11 is 3.06. The Bertz CT molecular complexity index is 678. The summed E-state index contributed by atoms with van der Waals surface area (Å²) in [6.07, 6.45) is 3.55. The molecule has 7 heteroatoms. The highest BCUT2D eigenvalue weighted by atomic mass is 32.2. The molecule has 2 aromatic rings. The SMILES string of the molecule is CC(C)(C)C(=O)Nc1ncc(SCc2ncc(C(C)(C)C)o2)s1. The minimum Gasteiger partial charge on any atom is -0.444 e. The highest BCUT2D eigenvalue weighted by Crippen LogP contribution is 2.32. The molecule has 0 atom stereocenters. The van der Waals surface area contributed by atoms with Crippen LogP contribution in [0.3, 0.4) is 0 Å². The zero-order valence-electron chi connectivity index (χ0n) is 14.4. The lowest BCUT2D eigenvalue weighted by Gasteiger charge is -2.15. The van der Waals surface area contributed by atoms with Crippen LogP contribution in [0.25, 0.3) is 0 Å². The second kappa shape index (κ2) is 6.65. The molecule has 0 saturated heterocycles. The third kappa shape index (κ3) is 5.07. The van der Waals surface area contributed by atoms with E-state index < -0.39 is 5.41 Å². The van der Waals surface area contributed by atoms with Crippen molar-refractivity contribution in [3.8, 4) is 0 Å². The number of aromatic nitrogens is 2. The number of rotatable bonds is 4. The number of carbonyl (C=O) groups excluding carboxylic acids is 1. The summed E-state index contributed by atoms with van der Waals surface area (Å²) < 4.78 is 6.79. The van der Waals surface area contributed by atoms with Crippen molar-refractivity contribution in [1.82, 2.24) is 9.97 Å². The summed E-state index contributed by atoms with van der Waals surface area (Å²) in [6.45, 7) is 11.9. The Labute approximate surface area is 145 Å². The Morgan fingerprint density at radius 1 is 1.22 bits per heavy atom. The fourth-order valence-electron chi connectivity index (χ4n) is 1.53. The maximum atomic E-state index is 11.9. The lowest BCUT2D eigenvalue weighted by molar-refractivity contribution is -0.123. The number of nitrogens with zero attached hydrogens (tertiary/aromatic N) is 2. The molecule has 0 fully saturated rings. The van der Waals surface area contributed by atoms with E-state index in [2.05, 4.69) is 36.1 Å². The van der Waals surface area contributed by atoms with Gasteiger partial charge in [-0.05, 0) is 0 Å². The van der Waals surface area contributed by atoms with E-state index >= 15 is 0 Å². The van der Waals surface area contributed by atoms with Gasteiger partial charge in [0.1, 0.15) is 5.76 Å². The van der Waals surface area contributed by atoms with E-state index in [9.17, 15) is 4.79 Å². The van der Waals surface area contributed by atoms with Gasteiger partial charge in [-0.2, -0.15) is 0 Å². The normalized spacial score (nSPS) is 12.4. The van der Waals surface area contributed by atoms with Crippen molar-refractivity contribution < 1.29 is 9.21 Å². The molecule has 0 unspecified atom stereocenters. The molecular weight excluding hydrogens is 330 g/mol. The molecule has 0 radical (unpaired) electrons. The van der Waals surface area contributed by atoms with Crippen molar-refractivity contribution in [2.75, 3.05) is 5.32 Å². The number of oxazole rings is 1. The Morgan fingerprint density at radius 3 is 2.48 bits per heavy atom. The maximum Gasteiger partial charge on any atom is 0.231 e. The molecule has 2 aromatic heterocycles. The molecule has 1 amide bonds. The van der Waals surface area contributed by atoms with Gasteiger partial charge in [0.05, 0.1) is 22.4 Å². The van der Waals surface area contributed by atoms with Crippen molar-refractivity contribution in [2.24, 2.45) is 5.41 Å². The van der Waals surface area contributed by atoms with Gasteiger partial charge in [-0.1, -0.05) is 52.9 Å². The number of anilines is 1. The van der Waals surface area contributed by atoms with Crippen LogP contribution in [0.15, 0.2) is 21.0 Å². The molecule has 126 valence electrons. The van der Waals surface area contributed by atoms with Crippen LogP contribution in [0.5, 0.6) is 0 Å². The van der Waals surface area contributed by atoms with Gasteiger partial charge < -0.3 is 9.73 Å². The molecule has 2 rings (SSSR count). The van der Waals surface area contributed by atoms with Gasteiger partial charge in [0.2, 0.25) is 11.8 Å². The van der Waals surface area contributed by atoms with Crippen molar-refractivity contribution in [1.29, 1.82) is 0 Å². The number of hydrogen-bond acceptors (Lipinski definition) is 6. The number of nitrogens with one attached hydrogen (secondary N) is 1. The molecule has 0 bridgehead atoms. The van der Waals surface area contributed by atoms with Crippen molar-refractivity contribution >= 4 is 34.1 Å². The first-order valence-electron chi connectivity index (χ1n) is 7.41. The van der Waals surface area contributed by atoms with Crippen LogP contribution in [0.2, 0.25) is 0 Å². The van der Waals surface area contributed by atoms with Crippen LogP contribution in [-0.2, 0) is 16.0 Å². The van der Waals surface area contributed by atoms with E-state index in [1.165, 1.54) is 11.3 Å². The van der Waals surface area contributed by atoms with Crippen molar-refractivity contribution in [3.63, 3.8) is 0 Å². The topological polar surface area (TPSA) is 68.0 Å². The summed E-state index contributed by atoms with van der Waals surface area (Å²) in [4.78, 5) is 20.5. The summed E-state index contributed by atoms with van der Waals surface area (Å²) in [7, 11) is 0. The lowest BCUT2D eigenvalue weighted by atomic mass is 9.94. The summed E-state index contributed by atoms with van der Waals surface area (Å²) in [6, 6.07) is 0. The van der Waals surface area contributed by atoms with Gasteiger partial charge in [-0.3, -0.25) is 4.79 Å². The minimum atomic E-state index is -0.430. The van der Waals surface area contributed by atoms with Crippen LogP contribution >= 0.6 is 23.1 Å². The molecule has 2 heterocycles. The zero-order chi connectivity index (χ0) is 17.3. The maximum absolute atomic E-state index is 11.9. The van der Waals surface area contributed by atoms with E-state index in [0.717, 1.165) is 9.97 Å². The second-order valence-corrected chi connectivity index (χ2v) is 9.65. The molecule has 0 aliphatic carbocycles. The van der Waals surface area contributed by atoms with Crippen LogP contribution in [-0.4, -0.2) is 15.9 Å². The first kappa shape index (κ1) is 18.0. The highest BCUT2D eigenvalue weighted by molar-refractivity contribution is 8.00. The van der Waals surface area contributed by atoms with Gasteiger partial charge >= 0.3 is 0 Å². The van der Waals surface area contributed by atoms with E-state index in [-0.39, 0.29) is 11.3 Å². The summed E-state index contributed by atoms with van der Waals surface area (Å²) in [5.41, 5.74) is -0.467. The average Bonchev–Trinajstić information content (AvgIpc) is 3.03. The Balaban J connectivity index is 1.92. The summed E-state index contributed by atoms with van der Waals surface area (Å²) in [5.74, 6) is 2.19. The number of hydrogen-bond donors (Lipinski definition) is 1. The van der Waals surface area contributed by atoms with Gasteiger partial charge in [0.25, 0.3) is 0 Å². The van der Waals surface area contributed by atoms with Gasteiger partial charge in [-0.15, -0.1) is 11.8 Å². The molecule has 0 aliphatic heterocycles. The molecule has 1 N–H and O–H groups in total. The molecule has 23 heavy (non-hydrogen) atoms. The quantitative estimate of drug-likeness (QED) is 0.807. The van der Waals surface area contributed by atoms with E-state index in [1.807, 2.05) is 20.8 Å². The average molecular weight is 354 g/mol. The first-order valence-corrected chi connectivity index (χ1v) is 9.21. The Morgan fingerprint density at radius 2 is 1.91 bits per heavy atom. The van der Waals surface area contributed by atoms with E-state index in [4.69, 9.17) is 4.42 Å². The monoisotopic (exact) mass is 353 g/mol. The molecule has 0 spiro atoms. The fourth-order valence-corrected chi connectivity index (χ4v) is 3.25. The molecule has 0 saturated carbocycles. The fraction of sp³-hybridized carbons (Fsp3) is 0.562. The van der Waals surface area contributed by atoms with Gasteiger partial charge in [0, 0.05) is 10.8 Å². The molecular formula is C16H23N3O2S2. The highest BCUT2D eigenvalue weighted by Gasteiger charge is 2.22. The predicted molar refractivity (Wildman–Crippen MR) is 95.0 cm³/mol. The van der Waals surface area contributed by atoms with Crippen molar-refractivity contribution in [2.45, 2.75) is 56.9 Å². The number of thiazole rings is 1. The van der Waals surface area contributed by atoms with Gasteiger partial charge in [0.15, 0.2) is 5.13 Å². The molecule has 0 aliphatic rings. The summed E-state index contributed by atoms with van der Waals surface area (Å²) in [5, 5.41) is 3.46.